The Morgan fingerprint density at radius 2 is 1.23 bits per heavy atom. The molecule has 0 aliphatic carbocycles. The molecule has 0 aromatic heterocycles. The smallest absolute Gasteiger partial charge is 0.294 e. The third-order valence-corrected chi connectivity index (χ3v) is 3.44. The van der Waals surface area contributed by atoms with Gasteiger partial charge in [-0.25, -0.2) is 0 Å². The highest BCUT2D eigenvalue weighted by molar-refractivity contribution is 7.85. The van der Waals surface area contributed by atoms with Crippen molar-refractivity contribution >= 4 is 10.1 Å². The summed E-state index contributed by atoms with van der Waals surface area (Å²) < 4.78 is 44.1. The minimum atomic E-state index is -4.02. The van der Waals surface area contributed by atoms with E-state index in [-0.39, 0.29) is 18.1 Å². The second kappa shape index (κ2) is 18.7. The van der Waals surface area contributed by atoms with Crippen molar-refractivity contribution in [2.75, 3.05) is 52.9 Å². The van der Waals surface area contributed by atoms with Crippen LogP contribution < -0.4 is 0 Å². The Hall–Kier alpha value is -1.07. The summed E-state index contributed by atoms with van der Waals surface area (Å²) in [5, 5.41) is 16.5. The van der Waals surface area contributed by atoms with Crippen LogP contribution in [0.2, 0.25) is 0 Å². The van der Waals surface area contributed by atoms with Crippen LogP contribution in [0.15, 0.2) is 29.2 Å². The predicted octanol–water partition coefficient (Wildman–Crippen LogP) is 1.29. The second-order valence-corrected chi connectivity index (χ2v) is 6.16. The summed E-state index contributed by atoms with van der Waals surface area (Å²) in [6.45, 7) is 9.24. The summed E-state index contributed by atoms with van der Waals surface area (Å²) in [6, 6.07) is 5.99. The van der Waals surface area contributed by atoms with Crippen LogP contribution in [0.5, 0.6) is 0 Å². The van der Waals surface area contributed by atoms with Gasteiger partial charge in [-0.15, -0.1) is 0 Å². The molecule has 1 rings (SSSR count). The van der Waals surface area contributed by atoms with E-state index in [1.807, 2.05) is 20.8 Å². The first kappa shape index (κ1) is 27.2. The van der Waals surface area contributed by atoms with E-state index >= 15 is 0 Å². The van der Waals surface area contributed by atoms with Crippen LogP contribution in [0.1, 0.15) is 19.4 Å². The number of aliphatic hydroxyl groups excluding tert-OH is 2. The van der Waals surface area contributed by atoms with Gasteiger partial charge in [0.15, 0.2) is 0 Å². The van der Waals surface area contributed by atoms with E-state index in [0.717, 1.165) is 18.8 Å². The molecule has 0 fully saturated rings. The molecule has 0 heterocycles. The van der Waals surface area contributed by atoms with Crippen LogP contribution >= 0.6 is 0 Å². The van der Waals surface area contributed by atoms with Crippen molar-refractivity contribution in [3.05, 3.63) is 29.8 Å². The van der Waals surface area contributed by atoms with Crippen molar-refractivity contribution in [2.24, 2.45) is 0 Å². The van der Waals surface area contributed by atoms with Gasteiger partial charge in [-0.3, -0.25) is 4.55 Å². The molecule has 0 unspecified atom stereocenters. The van der Waals surface area contributed by atoms with E-state index < -0.39 is 10.1 Å². The summed E-state index contributed by atoms with van der Waals surface area (Å²) in [5.74, 6) is 0. The second-order valence-electron chi connectivity index (χ2n) is 4.74. The highest BCUT2D eigenvalue weighted by atomic mass is 32.2. The number of rotatable bonds is 10. The molecule has 0 aliphatic heterocycles. The van der Waals surface area contributed by atoms with Crippen molar-refractivity contribution in [1.82, 2.24) is 0 Å². The SMILES string of the molecule is CCOCC.Cc1ccc(S(=O)(=O)O)cc1.OCCOCCOCCO. The number of benzene rings is 1. The predicted molar refractivity (Wildman–Crippen MR) is 99.0 cm³/mol. The summed E-state index contributed by atoms with van der Waals surface area (Å²) in [5.41, 5.74) is 0.956. The normalized spacial score (nSPS) is 10.4. The molecule has 0 spiro atoms. The molecule has 0 amide bonds. The molecule has 0 atom stereocenters. The topological polar surface area (TPSA) is 123 Å². The zero-order chi connectivity index (χ0) is 20.3. The molecular weight excluding hydrogens is 364 g/mol. The number of aryl methyl sites for hydroxylation is 1. The lowest BCUT2D eigenvalue weighted by Crippen LogP contribution is -2.09. The third kappa shape index (κ3) is 19.3. The number of ether oxygens (including phenoxy) is 3. The largest absolute Gasteiger partial charge is 0.394 e. The number of hydrogen-bond donors (Lipinski definition) is 3. The quantitative estimate of drug-likeness (QED) is 0.399. The molecule has 9 heteroatoms. The lowest BCUT2D eigenvalue weighted by molar-refractivity contribution is 0.0222. The van der Waals surface area contributed by atoms with Gasteiger partial charge in [-0.1, -0.05) is 17.7 Å². The summed E-state index contributed by atoms with van der Waals surface area (Å²) in [6.07, 6.45) is 0. The summed E-state index contributed by atoms with van der Waals surface area (Å²) in [7, 11) is -4.02. The molecule has 0 saturated carbocycles. The van der Waals surface area contributed by atoms with Crippen LogP contribution in [0.4, 0.5) is 0 Å². The van der Waals surface area contributed by atoms with E-state index in [1.165, 1.54) is 12.1 Å². The first-order valence-electron chi connectivity index (χ1n) is 8.32. The molecule has 3 N–H and O–H groups in total. The van der Waals surface area contributed by atoms with Crippen LogP contribution in [0.25, 0.3) is 0 Å². The highest BCUT2D eigenvalue weighted by Crippen LogP contribution is 2.08. The zero-order valence-electron chi connectivity index (χ0n) is 15.8. The fourth-order valence-electron chi connectivity index (χ4n) is 1.37. The van der Waals surface area contributed by atoms with Crippen molar-refractivity contribution < 1.29 is 37.4 Å². The Labute approximate surface area is 156 Å². The third-order valence-electron chi connectivity index (χ3n) is 2.57. The molecular formula is C17H32O8S. The van der Waals surface area contributed by atoms with Gasteiger partial charge >= 0.3 is 0 Å². The van der Waals surface area contributed by atoms with E-state index in [0.29, 0.717) is 26.4 Å². The van der Waals surface area contributed by atoms with E-state index in [1.54, 1.807) is 12.1 Å². The van der Waals surface area contributed by atoms with Gasteiger partial charge in [0.1, 0.15) is 0 Å². The Morgan fingerprint density at radius 3 is 1.50 bits per heavy atom. The lowest BCUT2D eigenvalue weighted by atomic mass is 10.2. The molecule has 0 saturated heterocycles. The molecule has 154 valence electrons. The molecule has 26 heavy (non-hydrogen) atoms. The molecule has 0 bridgehead atoms. The fourth-order valence-corrected chi connectivity index (χ4v) is 1.85. The van der Waals surface area contributed by atoms with Gasteiger partial charge in [-0.2, -0.15) is 8.42 Å². The fraction of sp³-hybridized carbons (Fsp3) is 0.647. The van der Waals surface area contributed by atoms with Crippen LogP contribution in [-0.4, -0.2) is 76.0 Å². The number of aliphatic hydroxyl groups is 2. The first-order valence-corrected chi connectivity index (χ1v) is 9.76. The van der Waals surface area contributed by atoms with Crippen molar-refractivity contribution in [3.8, 4) is 0 Å². The maximum absolute atomic E-state index is 10.5. The van der Waals surface area contributed by atoms with Crippen LogP contribution in [0.3, 0.4) is 0 Å². The average Bonchev–Trinajstić information content (AvgIpc) is 2.59. The summed E-state index contributed by atoms with van der Waals surface area (Å²) in [4.78, 5) is -0.0666. The van der Waals surface area contributed by atoms with Crippen LogP contribution in [-0.2, 0) is 24.3 Å². The average molecular weight is 397 g/mol. The Kier molecular flexibility index (Phi) is 19.5. The number of hydrogen-bond acceptors (Lipinski definition) is 7. The van der Waals surface area contributed by atoms with Gasteiger partial charge in [-0.05, 0) is 32.9 Å². The molecule has 1 aromatic carbocycles. The maximum Gasteiger partial charge on any atom is 0.294 e. The standard InChI is InChI=1S/C7H8O3S.C6H14O4.C4H10O/c1-6-2-4-7(5-3-6)11(8,9)10;7-1-3-9-5-6-10-4-2-8;1-3-5-4-2/h2-5H,1H3,(H,8,9,10);7-8H,1-6H2;3-4H2,1-2H3. The molecule has 0 radical (unpaired) electrons. The van der Waals surface area contributed by atoms with E-state index in [2.05, 4.69) is 0 Å². The maximum atomic E-state index is 10.5. The zero-order valence-corrected chi connectivity index (χ0v) is 16.6. The molecule has 8 nitrogen and oxygen atoms in total. The van der Waals surface area contributed by atoms with Crippen LogP contribution in [0, 0.1) is 6.92 Å². The van der Waals surface area contributed by atoms with Crippen molar-refractivity contribution in [1.29, 1.82) is 0 Å². The van der Waals surface area contributed by atoms with Crippen molar-refractivity contribution in [3.63, 3.8) is 0 Å². The van der Waals surface area contributed by atoms with Gasteiger partial charge in [0.05, 0.1) is 44.5 Å². The highest BCUT2D eigenvalue weighted by Gasteiger charge is 2.06. The van der Waals surface area contributed by atoms with Crippen molar-refractivity contribution in [2.45, 2.75) is 25.7 Å². The Balaban J connectivity index is 0. The minimum Gasteiger partial charge on any atom is -0.394 e. The van der Waals surface area contributed by atoms with Gasteiger partial charge < -0.3 is 24.4 Å². The van der Waals surface area contributed by atoms with E-state index in [4.69, 9.17) is 29.0 Å². The molecule has 1 aromatic rings. The Morgan fingerprint density at radius 1 is 0.808 bits per heavy atom. The van der Waals surface area contributed by atoms with Gasteiger partial charge in [0.25, 0.3) is 10.1 Å². The molecule has 0 aliphatic rings. The lowest BCUT2D eigenvalue weighted by Gasteiger charge is -2.01. The summed E-state index contributed by atoms with van der Waals surface area (Å²) >= 11 is 0. The Bertz CT molecular complexity index is 492. The monoisotopic (exact) mass is 396 g/mol. The first-order chi connectivity index (χ1) is 12.3. The van der Waals surface area contributed by atoms with E-state index in [9.17, 15) is 8.42 Å². The van der Waals surface area contributed by atoms with Gasteiger partial charge in [0.2, 0.25) is 0 Å². The van der Waals surface area contributed by atoms with Gasteiger partial charge in [0, 0.05) is 13.2 Å². The minimum absolute atomic E-state index is 0.0417.